The van der Waals surface area contributed by atoms with Crippen molar-refractivity contribution < 1.29 is 4.79 Å². The normalized spacial score (nSPS) is 22.0. The Morgan fingerprint density at radius 1 is 1.82 bits per heavy atom. The van der Waals surface area contributed by atoms with Crippen LogP contribution in [0.3, 0.4) is 0 Å². The van der Waals surface area contributed by atoms with Crippen LogP contribution in [0.15, 0.2) is 0 Å². The van der Waals surface area contributed by atoms with Gasteiger partial charge in [0, 0.05) is 24.9 Å². The topological polar surface area (TPSA) is 46.3 Å². The summed E-state index contributed by atoms with van der Waals surface area (Å²) < 4.78 is 0. The number of hydrogen-bond acceptors (Lipinski definition) is 3. The van der Waals surface area contributed by atoms with Gasteiger partial charge in [-0.25, -0.2) is 0 Å². The van der Waals surface area contributed by atoms with Gasteiger partial charge in [0.2, 0.25) is 5.91 Å². The number of nitrogens with two attached hydrogens (primary N) is 1. The Morgan fingerprint density at radius 3 is 3.09 bits per heavy atom. The first-order valence-corrected chi connectivity index (χ1v) is 4.98. The summed E-state index contributed by atoms with van der Waals surface area (Å²) in [6, 6.07) is 0.211. The molecule has 3 nitrogen and oxygen atoms in total. The minimum atomic E-state index is 0.211. The quantitative estimate of drug-likeness (QED) is 0.636. The Hall–Kier alpha value is -0.220. The van der Waals surface area contributed by atoms with E-state index in [0.717, 1.165) is 12.3 Å². The summed E-state index contributed by atoms with van der Waals surface area (Å²) in [5.74, 6) is 1.92. The van der Waals surface area contributed by atoms with Crippen molar-refractivity contribution in [1.82, 2.24) is 4.90 Å². The molecule has 1 saturated heterocycles. The van der Waals surface area contributed by atoms with Crippen LogP contribution >= 0.6 is 11.8 Å². The molecule has 0 saturated carbocycles. The molecule has 0 bridgehead atoms. The third-order valence-electron chi connectivity index (χ3n) is 1.90. The van der Waals surface area contributed by atoms with Crippen molar-refractivity contribution in [2.75, 3.05) is 24.6 Å². The van der Waals surface area contributed by atoms with Crippen molar-refractivity contribution in [3.8, 4) is 0 Å². The Balaban J connectivity index is 2.47. The standard InChI is InChI=1S/C7H14N2OS/c1-6(4-8)9-2-3-11-5-7(9)10/h6H,2-5,8H2,1H3. The SMILES string of the molecule is CC(CN)N1CCSCC1=O. The Kier molecular flexibility index (Phi) is 3.20. The highest BCUT2D eigenvalue weighted by atomic mass is 32.2. The van der Waals surface area contributed by atoms with E-state index in [1.165, 1.54) is 0 Å². The highest BCUT2D eigenvalue weighted by molar-refractivity contribution is 8.00. The van der Waals surface area contributed by atoms with Crippen molar-refractivity contribution in [1.29, 1.82) is 0 Å². The second kappa shape index (κ2) is 3.97. The van der Waals surface area contributed by atoms with E-state index in [4.69, 9.17) is 5.73 Å². The van der Waals surface area contributed by atoms with Gasteiger partial charge in [0.1, 0.15) is 0 Å². The Morgan fingerprint density at radius 2 is 2.55 bits per heavy atom. The summed E-state index contributed by atoms with van der Waals surface area (Å²) in [6.07, 6.45) is 0. The molecule has 1 atom stereocenters. The van der Waals surface area contributed by atoms with E-state index in [1.807, 2.05) is 11.8 Å². The number of carbonyl (C=O) groups is 1. The van der Waals surface area contributed by atoms with Crippen molar-refractivity contribution in [3.63, 3.8) is 0 Å². The summed E-state index contributed by atoms with van der Waals surface area (Å²) in [6.45, 7) is 3.42. The number of amides is 1. The van der Waals surface area contributed by atoms with Crippen LogP contribution in [0, 0.1) is 0 Å². The van der Waals surface area contributed by atoms with Crippen LogP contribution in [0.1, 0.15) is 6.92 Å². The summed E-state index contributed by atoms with van der Waals surface area (Å²) >= 11 is 1.70. The molecule has 2 N–H and O–H groups in total. The molecule has 0 aliphatic carbocycles. The molecule has 1 aliphatic heterocycles. The maximum absolute atomic E-state index is 11.2. The number of nitrogens with zero attached hydrogens (tertiary/aromatic N) is 1. The molecule has 64 valence electrons. The molecular formula is C7H14N2OS. The Labute approximate surface area is 71.3 Å². The highest BCUT2D eigenvalue weighted by Crippen LogP contribution is 2.12. The molecule has 0 aromatic carbocycles. The van der Waals surface area contributed by atoms with Crippen molar-refractivity contribution in [2.45, 2.75) is 13.0 Å². The summed E-state index contributed by atoms with van der Waals surface area (Å²) in [5.41, 5.74) is 5.46. The van der Waals surface area contributed by atoms with Crippen molar-refractivity contribution in [3.05, 3.63) is 0 Å². The molecule has 4 heteroatoms. The van der Waals surface area contributed by atoms with Crippen molar-refractivity contribution in [2.24, 2.45) is 5.73 Å². The van der Waals surface area contributed by atoms with Crippen LogP contribution in [-0.4, -0.2) is 41.4 Å². The van der Waals surface area contributed by atoms with E-state index in [2.05, 4.69) is 0 Å². The largest absolute Gasteiger partial charge is 0.337 e. The molecule has 1 fully saturated rings. The van der Waals surface area contributed by atoms with Crippen LogP contribution in [0.25, 0.3) is 0 Å². The van der Waals surface area contributed by atoms with Gasteiger partial charge in [0.15, 0.2) is 0 Å². The van der Waals surface area contributed by atoms with E-state index >= 15 is 0 Å². The van der Waals surface area contributed by atoms with Crippen LogP contribution in [0.4, 0.5) is 0 Å². The predicted molar refractivity (Wildman–Crippen MR) is 47.6 cm³/mol. The van der Waals surface area contributed by atoms with E-state index in [1.54, 1.807) is 11.8 Å². The van der Waals surface area contributed by atoms with Gasteiger partial charge in [-0.3, -0.25) is 4.79 Å². The molecule has 11 heavy (non-hydrogen) atoms. The molecule has 1 rings (SSSR count). The molecule has 0 aromatic heterocycles. The minimum Gasteiger partial charge on any atom is -0.337 e. The average molecular weight is 174 g/mol. The smallest absolute Gasteiger partial charge is 0.232 e. The van der Waals surface area contributed by atoms with Gasteiger partial charge in [-0.15, -0.1) is 0 Å². The van der Waals surface area contributed by atoms with Crippen LogP contribution < -0.4 is 5.73 Å². The molecule has 0 aromatic rings. The van der Waals surface area contributed by atoms with E-state index in [-0.39, 0.29) is 11.9 Å². The fraction of sp³-hybridized carbons (Fsp3) is 0.857. The zero-order chi connectivity index (χ0) is 8.27. The average Bonchev–Trinajstić information content (AvgIpc) is 2.04. The lowest BCUT2D eigenvalue weighted by molar-refractivity contribution is -0.130. The second-order valence-electron chi connectivity index (χ2n) is 2.72. The highest BCUT2D eigenvalue weighted by Gasteiger charge is 2.21. The number of rotatable bonds is 2. The second-order valence-corrected chi connectivity index (χ2v) is 3.83. The first kappa shape index (κ1) is 8.87. The third kappa shape index (κ3) is 2.10. The first-order chi connectivity index (χ1) is 5.25. The summed E-state index contributed by atoms with van der Waals surface area (Å²) in [4.78, 5) is 13.1. The van der Waals surface area contributed by atoms with Gasteiger partial charge in [-0.05, 0) is 6.92 Å². The molecule has 1 unspecified atom stereocenters. The number of thioether (sulfide) groups is 1. The molecule has 0 radical (unpaired) electrons. The van der Waals surface area contributed by atoms with Gasteiger partial charge in [0.05, 0.1) is 5.75 Å². The molecule has 1 amide bonds. The zero-order valence-corrected chi connectivity index (χ0v) is 7.56. The number of carbonyl (C=O) groups excluding carboxylic acids is 1. The van der Waals surface area contributed by atoms with Crippen LogP contribution in [0.5, 0.6) is 0 Å². The first-order valence-electron chi connectivity index (χ1n) is 3.83. The van der Waals surface area contributed by atoms with Gasteiger partial charge in [0.25, 0.3) is 0 Å². The maximum Gasteiger partial charge on any atom is 0.232 e. The fourth-order valence-electron chi connectivity index (χ4n) is 1.12. The number of hydrogen-bond donors (Lipinski definition) is 1. The van der Waals surface area contributed by atoms with Gasteiger partial charge < -0.3 is 10.6 Å². The summed E-state index contributed by atoms with van der Waals surface area (Å²) in [7, 11) is 0. The molecule has 1 heterocycles. The lowest BCUT2D eigenvalue weighted by atomic mass is 10.3. The zero-order valence-electron chi connectivity index (χ0n) is 6.75. The minimum absolute atomic E-state index is 0.211. The van der Waals surface area contributed by atoms with Gasteiger partial charge in [-0.1, -0.05) is 0 Å². The van der Waals surface area contributed by atoms with E-state index in [0.29, 0.717) is 12.3 Å². The van der Waals surface area contributed by atoms with E-state index in [9.17, 15) is 4.79 Å². The predicted octanol–water partition coefficient (Wildman–Crippen LogP) is -0.0910. The van der Waals surface area contributed by atoms with Gasteiger partial charge >= 0.3 is 0 Å². The monoisotopic (exact) mass is 174 g/mol. The van der Waals surface area contributed by atoms with Crippen LogP contribution in [-0.2, 0) is 4.79 Å². The lowest BCUT2D eigenvalue weighted by Gasteiger charge is -2.31. The summed E-state index contributed by atoms with van der Waals surface area (Å²) in [5, 5.41) is 0. The van der Waals surface area contributed by atoms with Gasteiger partial charge in [-0.2, -0.15) is 11.8 Å². The van der Waals surface area contributed by atoms with Crippen molar-refractivity contribution >= 4 is 17.7 Å². The molecule has 0 spiro atoms. The Bertz CT molecular complexity index is 151. The van der Waals surface area contributed by atoms with E-state index < -0.39 is 0 Å². The molecule has 1 aliphatic rings. The van der Waals surface area contributed by atoms with Crippen LogP contribution in [0.2, 0.25) is 0 Å². The fourth-order valence-corrected chi connectivity index (χ4v) is 1.93. The lowest BCUT2D eigenvalue weighted by Crippen LogP contribution is -2.47. The third-order valence-corrected chi connectivity index (χ3v) is 2.82. The molecular weight excluding hydrogens is 160 g/mol. The maximum atomic E-state index is 11.2.